The minimum absolute atomic E-state index is 0.150. The number of hydrogen-bond acceptors (Lipinski definition) is 3. The first kappa shape index (κ1) is 14.2. The van der Waals surface area contributed by atoms with Crippen molar-refractivity contribution < 1.29 is 9.90 Å². The molecule has 0 spiro atoms. The highest BCUT2D eigenvalue weighted by atomic mass is 32.2. The van der Waals surface area contributed by atoms with Crippen LogP contribution in [0.25, 0.3) is 0 Å². The monoisotopic (exact) mass is 299 g/mol. The van der Waals surface area contributed by atoms with Crippen LogP contribution >= 0.6 is 11.8 Å². The lowest BCUT2D eigenvalue weighted by molar-refractivity contribution is 0.0858. The molecule has 0 saturated heterocycles. The highest BCUT2D eigenvalue weighted by Crippen LogP contribution is 2.31. The van der Waals surface area contributed by atoms with E-state index in [2.05, 4.69) is 5.32 Å². The molecular weight excluding hydrogens is 282 g/mol. The van der Waals surface area contributed by atoms with Gasteiger partial charge in [0.1, 0.15) is 0 Å². The van der Waals surface area contributed by atoms with Gasteiger partial charge in [-0.05, 0) is 41.6 Å². The molecule has 0 saturated carbocycles. The van der Waals surface area contributed by atoms with E-state index in [1.807, 2.05) is 54.8 Å². The Morgan fingerprint density at radius 3 is 2.62 bits per heavy atom. The molecule has 2 aromatic carbocycles. The number of aliphatic hydroxyl groups is 1. The van der Waals surface area contributed by atoms with Gasteiger partial charge in [0.05, 0.1) is 12.1 Å². The molecule has 1 aliphatic carbocycles. The fourth-order valence-corrected chi connectivity index (χ4v) is 3.12. The van der Waals surface area contributed by atoms with E-state index in [0.717, 1.165) is 16.0 Å². The van der Waals surface area contributed by atoms with Crippen molar-refractivity contribution in [3.05, 3.63) is 65.2 Å². The van der Waals surface area contributed by atoms with Crippen molar-refractivity contribution in [2.45, 2.75) is 23.5 Å². The third-order valence-corrected chi connectivity index (χ3v) is 4.59. The standard InChI is InChI=1S/C17H17NO2S/c1-21-13-8-6-11(7-9-13)17(20)18-16-14-5-3-2-4-12(14)10-15(16)19/h2-9,15-16,19H,10H2,1H3,(H,18,20). The second kappa shape index (κ2) is 5.92. The quantitative estimate of drug-likeness (QED) is 0.857. The van der Waals surface area contributed by atoms with Crippen molar-refractivity contribution >= 4 is 17.7 Å². The molecule has 4 heteroatoms. The lowest BCUT2D eigenvalue weighted by Gasteiger charge is -2.18. The second-order valence-corrected chi connectivity index (χ2v) is 6.03. The van der Waals surface area contributed by atoms with Gasteiger partial charge < -0.3 is 10.4 Å². The number of rotatable bonds is 3. The van der Waals surface area contributed by atoms with Gasteiger partial charge in [-0.3, -0.25) is 4.79 Å². The molecule has 2 atom stereocenters. The van der Waals surface area contributed by atoms with Crippen LogP contribution in [-0.4, -0.2) is 23.4 Å². The van der Waals surface area contributed by atoms with Crippen LogP contribution in [0.4, 0.5) is 0 Å². The Labute approximate surface area is 128 Å². The average molecular weight is 299 g/mol. The molecule has 3 nitrogen and oxygen atoms in total. The summed E-state index contributed by atoms with van der Waals surface area (Å²) in [6.45, 7) is 0. The number of aliphatic hydroxyl groups excluding tert-OH is 1. The largest absolute Gasteiger partial charge is 0.390 e. The molecule has 0 heterocycles. The molecule has 1 aliphatic rings. The minimum Gasteiger partial charge on any atom is -0.390 e. The van der Waals surface area contributed by atoms with Crippen LogP contribution in [0.15, 0.2) is 53.4 Å². The van der Waals surface area contributed by atoms with Gasteiger partial charge in [0, 0.05) is 16.9 Å². The Morgan fingerprint density at radius 2 is 1.90 bits per heavy atom. The van der Waals surface area contributed by atoms with Crippen LogP contribution in [0.2, 0.25) is 0 Å². The molecule has 0 aromatic heterocycles. The van der Waals surface area contributed by atoms with Crippen LogP contribution in [0.1, 0.15) is 27.5 Å². The number of hydrogen-bond donors (Lipinski definition) is 2. The lowest BCUT2D eigenvalue weighted by Crippen LogP contribution is -2.33. The molecule has 0 radical (unpaired) electrons. The van der Waals surface area contributed by atoms with E-state index in [1.54, 1.807) is 11.8 Å². The van der Waals surface area contributed by atoms with Crippen LogP contribution in [-0.2, 0) is 6.42 Å². The van der Waals surface area contributed by atoms with Crippen molar-refractivity contribution in [3.63, 3.8) is 0 Å². The Morgan fingerprint density at radius 1 is 1.19 bits per heavy atom. The molecule has 1 amide bonds. The lowest BCUT2D eigenvalue weighted by atomic mass is 10.1. The van der Waals surface area contributed by atoms with E-state index in [-0.39, 0.29) is 11.9 Å². The fraction of sp³-hybridized carbons (Fsp3) is 0.235. The predicted molar refractivity (Wildman–Crippen MR) is 84.6 cm³/mol. The van der Waals surface area contributed by atoms with Gasteiger partial charge in [-0.15, -0.1) is 11.8 Å². The van der Waals surface area contributed by atoms with Crippen molar-refractivity contribution in [2.75, 3.05) is 6.26 Å². The number of amides is 1. The molecule has 2 unspecified atom stereocenters. The van der Waals surface area contributed by atoms with Crippen molar-refractivity contribution in [1.82, 2.24) is 5.32 Å². The van der Waals surface area contributed by atoms with Crippen molar-refractivity contribution in [3.8, 4) is 0 Å². The summed E-state index contributed by atoms with van der Waals surface area (Å²) in [6.07, 6.45) is 2.03. The number of thioether (sulfide) groups is 1. The first-order valence-electron chi connectivity index (χ1n) is 6.90. The van der Waals surface area contributed by atoms with Crippen LogP contribution in [0.5, 0.6) is 0 Å². The Balaban J connectivity index is 1.78. The number of nitrogens with one attached hydrogen (secondary N) is 1. The zero-order valence-corrected chi connectivity index (χ0v) is 12.6. The number of carbonyl (C=O) groups is 1. The third kappa shape index (κ3) is 2.82. The Bertz CT molecular complexity index is 654. The van der Waals surface area contributed by atoms with Gasteiger partial charge in [-0.2, -0.15) is 0 Å². The molecule has 0 fully saturated rings. The summed E-state index contributed by atoms with van der Waals surface area (Å²) >= 11 is 1.64. The fourth-order valence-electron chi connectivity index (χ4n) is 2.71. The molecule has 21 heavy (non-hydrogen) atoms. The van der Waals surface area contributed by atoms with Crippen LogP contribution in [0.3, 0.4) is 0 Å². The van der Waals surface area contributed by atoms with Gasteiger partial charge in [0.2, 0.25) is 0 Å². The molecule has 0 bridgehead atoms. The van der Waals surface area contributed by atoms with Crippen molar-refractivity contribution in [1.29, 1.82) is 0 Å². The van der Waals surface area contributed by atoms with E-state index in [0.29, 0.717) is 12.0 Å². The summed E-state index contributed by atoms with van der Waals surface area (Å²) in [6, 6.07) is 15.0. The summed E-state index contributed by atoms with van der Waals surface area (Å²) in [7, 11) is 0. The number of benzene rings is 2. The zero-order valence-electron chi connectivity index (χ0n) is 11.7. The highest BCUT2D eigenvalue weighted by molar-refractivity contribution is 7.98. The number of carbonyl (C=O) groups excluding carboxylic acids is 1. The Hall–Kier alpha value is -1.78. The van der Waals surface area contributed by atoms with Gasteiger partial charge in [0.25, 0.3) is 5.91 Å². The molecular formula is C17H17NO2S. The maximum absolute atomic E-state index is 12.3. The van der Waals surface area contributed by atoms with E-state index < -0.39 is 6.10 Å². The minimum atomic E-state index is -0.558. The van der Waals surface area contributed by atoms with Crippen LogP contribution in [0, 0.1) is 0 Å². The summed E-state index contributed by atoms with van der Waals surface area (Å²) in [5.74, 6) is -0.150. The van der Waals surface area contributed by atoms with E-state index in [4.69, 9.17) is 0 Å². The molecule has 2 N–H and O–H groups in total. The van der Waals surface area contributed by atoms with Crippen molar-refractivity contribution in [2.24, 2.45) is 0 Å². The van der Waals surface area contributed by atoms with Gasteiger partial charge in [0.15, 0.2) is 0 Å². The average Bonchev–Trinajstić information content (AvgIpc) is 2.83. The number of fused-ring (bicyclic) bond motifs is 1. The zero-order chi connectivity index (χ0) is 14.8. The normalized spacial score (nSPS) is 20.1. The van der Waals surface area contributed by atoms with Gasteiger partial charge >= 0.3 is 0 Å². The molecule has 3 rings (SSSR count). The maximum atomic E-state index is 12.3. The Kier molecular flexibility index (Phi) is 3.99. The van der Waals surface area contributed by atoms with E-state index in [1.165, 1.54) is 0 Å². The molecule has 0 aliphatic heterocycles. The molecule has 108 valence electrons. The summed E-state index contributed by atoms with van der Waals surface area (Å²) in [5, 5.41) is 13.1. The smallest absolute Gasteiger partial charge is 0.251 e. The topological polar surface area (TPSA) is 49.3 Å². The van der Waals surface area contributed by atoms with Gasteiger partial charge in [-0.25, -0.2) is 0 Å². The maximum Gasteiger partial charge on any atom is 0.251 e. The predicted octanol–water partition coefficient (Wildman–Crippen LogP) is 2.80. The highest BCUT2D eigenvalue weighted by Gasteiger charge is 2.31. The van der Waals surface area contributed by atoms with Gasteiger partial charge in [-0.1, -0.05) is 24.3 Å². The summed E-state index contributed by atoms with van der Waals surface area (Å²) < 4.78 is 0. The second-order valence-electron chi connectivity index (χ2n) is 5.15. The van der Waals surface area contributed by atoms with Crippen LogP contribution < -0.4 is 5.32 Å². The first-order chi connectivity index (χ1) is 10.2. The molecule has 2 aromatic rings. The third-order valence-electron chi connectivity index (χ3n) is 3.84. The summed E-state index contributed by atoms with van der Waals surface area (Å²) in [5.41, 5.74) is 2.73. The van der Waals surface area contributed by atoms with E-state index in [9.17, 15) is 9.90 Å². The first-order valence-corrected chi connectivity index (χ1v) is 8.12. The summed E-state index contributed by atoms with van der Waals surface area (Å²) in [4.78, 5) is 13.4. The SMILES string of the molecule is CSc1ccc(C(=O)NC2c3ccccc3CC2O)cc1. The van der Waals surface area contributed by atoms with E-state index >= 15 is 0 Å².